The molecule has 2 aliphatic heterocycles. The highest BCUT2D eigenvalue weighted by Crippen LogP contribution is 2.38. The SMILES string of the molecule is CCOC(=O)C1=C(C)N=c2s/c(=C\c3cc4c(cc3C)OCO4)c(=O)n2[C@@H]1c1cc(OC)ccc1OC. The molecule has 3 heterocycles. The van der Waals surface area contributed by atoms with E-state index in [1.165, 1.54) is 23.0 Å². The summed E-state index contributed by atoms with van der Waals surface area (Å²) in [7, 11) is 3.09. The maximum atomic E-state index is 13.9. The predicted octanol–water partition coefficient (Wildman–Crippen LogP) is 2.85. The molecule has 37 heavy (non-hydrogen) atoms. The lowest BCUT2D eigenvalue weighted by Gasteiger charge is -2.26. The van der Waals surface area contributed by atoms with Gasteiger partial charge in [0.2, 0.25) is 6.79 Å². The Labute approximate surface area is 216 Å². The maximum absolute atomic E-state index is 13.9. The van der Waals surface area contributed by atoms with E-state index in [1.807, 2.05) is 25.1 Å². The number of esters is 1. The summed E-state index contributed by atoms with van der Waals surface area (Å²) < 4.78 is 29.4. The van der Waals surface area contributed by atoms with Gasteiger partial charge in [-0.05, 0) is 68.3 Å². The first-order valence-electron chi connectivity index (χ1n) is 11.7. The van der Waals surface area contributed by atoms with E-state index < -0.39 is 12.0 Å². The first kappa shape index (κ1) is 24.6. The fourth-order valence-corrected chi connectivity index (χ4v) is 5.53. The van der Waals surface area contributed by atoms with Crippen molar-refractivity contribution >= 4 is 23.4 Å². The molecule has 0 amide bonds. The van der Waals surface area contributed by atoms with Crippen LogP contribution in [-0.4, -0.2) is 38.2 Å². The van der Waals surface area contributed by atoms with Crippen LogP contribution in [0.4, 0.5) is 0 Å². The Kier molecular flexibility index (Phi) is 6.51. The van der Waals surface area contributed by atoms with Crippen LogP contribution in [-0.2, 0) is 9.53 Å². The number of ether oxygens (including phenoxy) is 5. The number of nitrogens with zero attached hydrogens (tertiary/aromatic N) is 2. The number of thiazole rings is 1. The van der Waals surface area contributed by atoms with E-state index in [4.69, 9.17) is 23.7 Å². The smallest absolute Gasteiger partial charge is 0.338 e. The second-order valence-corrected chi connectivity index (χ2v) is 9.48. The van der Waals surface area contributed by atoms with Crippen LogP contribution in [0.25, 0.3) is 6.08 Å². The van der Waals surface area contributed by atoms with Crippen LogP contribution in [0.3, 0.4) is 0 Å². The van der Waals surface area contributed by atoms with E-state index >= 15 is 0 Å². The molecule has 0 bridgehead atoms. The van der Waals surface area contributed by atoms with Crippen molar-refractivity contribution in [2.24, 2.45) is 4.99 Å². The van der Waals surface area contributed by atoms with Crippen LogP contribution >= 0.6 is 11.3 Å². The van der Waals surface area contributed by atoms with Gasteiger partial charge in [-0.15, -0.1) is 0 Å². The van der Waals surface area contributed by atoms with Crippen LogP contribution in [0.15, 0.2) is 51.4 Å². The summed E-state index contributed by atoms with van der Waals surface area (Å²) in [5.41, 5.74) is 2.80. The molecule has 2 aromatic carbocycles. The molecule has 192 valence electrons. The van der Waals surface area contributed by atoms with Gasteiger partial charge in [-0.3, -0.25) is 9.36 Å². The Morgan fingerprint density at radius 2 is 1.92 bits per heavy atom. The molecule has 1 aromatic heterocycles. The zero-order valence-electron chi connectivity index (χ0n) is 21.1. The van der Waals surface area contributed by atoms with Gasteiger partial charge in [-0.1, -0.05) is 11.3 Å². The third kappa shape index (κ3) is 4.27. The van der Waals surface area contributed by atoms with Crippen molar-refractivity contribution in [2.45, 2.75) is 26.8 Å². The lowest BCUT2D eigenvalue weighted by atomic mass is 9.94. The summed E-state index contributed by atoms with van der Waals surface area (Å²) in [4.78, 5) is 32.2. The zero-order chi connectivity index (χ0) is 26.3. The molecule has 0 fully saturated rings. The average Bonchev–Trinajstić information content (AvgIpc) is 3.46. The van der Waals surface area contributed by atoms with Gasteiger partial charge in [0.1, 0.15) is 17.5 Å². The molecular weight excluding hydrogens is 496 g/mol. The number of aromatic nitrogens is 1. The van der Waals surface area contributed by atoms with Gasteiger partial charge in [0.25, 0.3) is 5.56 Å². The maximum Gasteiger partial charge on any atom is 0.338 e. The van der Waals surface area contributed by atoms with Crippen molar-refractivity contribution in [3.63, 3.8) is 0 Å². The highest BCUT2D eigenvalue weighted by molar-refractivity contribution is 7.07. The highest BCUT2D eigenvalue weighted by Gasteiger charge is 2.35. The fourth-order valence-electron chi connectivity index (χ4n) is 4.49. The first-order valence-corrected chi connectivity index (χ1v) is 12.5. The van der Waals surface area contributed by atoms with Crippen molar-refractivity contribution in [1.82, 2.24) is 4.57 Å². The molecule has 0 radical (unpaired) electrons. The van der Waals surface area contributed by atoms with Gasteiger partial charge < -0.3 is 23.7 Å². The molecule has 5 rings (SSSR count). The Hall–Kier alpha value is -4.05. The van der Waals surface area contributed by atoms with E-state index in [0.717, 1.165) is 11.1 Å². The van der Waals surface area contributed by atoms with Crippen LogP contribution in [0.5, 0.6) is 23.0 Å². The van der Waals surface area contributed by atoms with Crippen molar-refractivity contribution in [2.75, 3.05) is 27.6 Å². The standard InChI is InChI=1S/C27H26N2O7S/c1-6-34-26(31)23-15(3)28-27-29(24(23)18-12-17(32-4)7-8-19(18)33-5)25(30)22(37-27)11-16-10-21-20(9-14(16)2)35-13-36-21/h7-12,24H,6,13H2,1-5H3/b22-11-/t24-/m1/s1. The Balaban J connectivity index is 1.76. The quantitative estimate of drug-likeness (QED) is 0.459. The number of benzene rings is 2. The van der Waals surface area contributed by atoms with Gasteiger partial charge in [-0.2, -0.15) is 0 Å². The third-order valence-electron chi connectivity index (χ3n) is 6.30. The Bertz CT molecular complexity index is 1620. The van der Waals surface area contributed by atoms with Crippen molar-refractivity contribution in [1.29, 1.82) is 0 Å². The molecule has 0 N–H and O–H groups in total. The lowest BCUT2D eigenvalue weighted by molar-refractivity contribution is -0.139. The first-order chi connectivity index (χ1) is 17.9. The summed E-state index contributed by atoms with van der Waals surface area (Å²) in [5.74, 6) is 1.83. The van der Waals surface area contributed by atoms with E-state index in [-0.39, 0.29) is 24.5 Å². The van der Waals surface area contributed by atoms with Crippen LogP contribution in [0.2, 0.25) is 0 Å². The molecule has 1 atom stereocenters. The van der Waals surface area contributed by atoms with E-state index in [2.05, 4.69) is 4.99 Å². The summed E-state index contributed by atoms with van der Waals surface area (Å²) in [6.07, 6.45) is 1.81. The van der Waals surface area contributed by atoms with Gasteiger partial charge in [-0.25, -0.2) is 9.79 Å². The van der Waals surface area contributed by atoms with E-state index in [9.17, 15) is 9.59 Å². The predicted molar refractivity (Wildman–Crippen MR) is 137 cm³/mol. The number of fused-ring (bicyclic) bond motifs is 2. The number of aryl methyl sites for hydroxylation is 1. The topological polar surface area (TPSA) is 97.6 Å². The minimum Gasteiger partial charge on any atom is -0.497 e. The normalized spacial score (nSPS) is 16.4. The van der Waals surface area contributed by atoms with Crippen molar-refractivity contribution in [3.05, 3.63) is 78.0 Å². The number of carbonyl (C=O) groups excluding carboxylic acids is 1. The van der Waals surface area contributed by atoms with Crippen molar-refractivity contribution < 1.29 is 28.5 Å². The monoisotopic (exact) mass is 522 g/mol. The molecule has 0 spiro atoms. The van der Waals surface area contributed by atoms with Crippen molar-refractivity contribution in [3.8, 4) is 23.0 Å². The second-order valence-electron chi connectivity index (χ2n) is 8.47. The minimum atomic E-state index is -0.819. The molecule has 10 heteroatoms. The molecule has 0 unspecified atom stereocenters. The Morgan fingerprint density at radius 3 is 2.62 bits per heavy atom. The van der Waals surface area contributed by atoms with Gasteiger partial charge in [0.05, 0.1) is 36.6 Å². The minimum absolute atomic E-state index is 0.165. The fraction of sp³-hybridized carbons (Fsp3) is 0.296. The third-order valence-corrected chi connectivity index (χ3v) is 7.28. The number of hydrogen-bond acceptors (Lipinski definition) is 9. The molecule has 0 saturated carbocycles. The summed E-state index contributed by atoms with van der Waals surface area (Å²) in [5, 5.41) is 0. The number of carbonyl (C=O) groups is 1. The molecule has 9 nitrogen and oxygen atoms in total. The van der Waals surface area contributed by atoms with Crippen LogP contribution < -0.4 is 33.8 Å². The summed E-state index contributed by atoms with van der Waals surface area (Å²) >= 11 is 1.25. The number of allylic oxidation sites excluding steroid dienone is 1. The molecule has 0 aliphatic carbocycles. The summed E-state index contributed by atoms with van der Waals surface area (Å²) in [6.45, 7) is 5.77. The largest absolute Gasteiger partial charge is 0.497 e. The molecule has 3 aromatic rings. The zero-order valence-corrected chi connectivity index (χ0v) is 21.9. The van der Waals surface area contributed by atoms with E-state index in [0.29, 0.717) is 43.6 Å². The van der Waals surface area contributed by atoms with Gasteiger partial charge >= 0.3 is 5.97 Å². The summed E-state index contributed by atoms with van der Waals surface area (Å²) in [6, 6.07) is 8.19. The highest BCUT2D eigenvalue weighted by atomic mass is 32.1. The molecular formula is C27H26N2O7S. The molecule has 0 saturated heterocycles. The lowest BCUT2D eigenvalue weighted by Crippen LogP contribution is -2.40. The average molecular weight is 523 g/mol. The van der Waals surface area contributed by atoms with Gasteiger partial charge in [0, 0.05) is 5.56 Å². The number of hydrogen-bond donors (Lipinski definition) is 0. The second kappa shape index (κ2) is 9.78. The number of rotatable bonds is 6. The Morgan fingerprint density at radius 1 is 1.16 bits per heavy atom. The van der Waals surface area contributed by atoms with Gasteiger partial charge in [0.15, 0.2) is 16.3 Å². The van der Waals surface area contributed by atoms with Crippen LogP contribution in [0, 0.1) is 6.92 Å². The van der Waals surface area contributed by atoms with E-state index in [1.54, 1.807) is 39.2 Å². The molecule has 2 aliphatic rings. The number of methoxy groups -OCH3 is 2. The van der Waals surface area contributed by atoms with Crippen LogP contribution in [0.1, 0.15) is 36.6 Å².